The van der Waals surface area contributed by atoms with Gasteiger partial charge in [0.15, 0.2) is 11.6 Å². The number of aromatic nitrogens is 2. The molecule has 0 amide bonds. The van der Waals surface area contributed by atoms with Gasteiger partial charge < -0.3 is 4.90 Å². The van der Waals surface area contributed by atoms with Crippen LogP contribution in [0.1, 0.15) is 38.3 Å². The van der Waals surface area contributed by atoms with Crippen LogP contribution in [-0.4, -0.2) is 28.4 Å². The molecule has 3 nitrogen and oxygen atoms in total. The lowest BCUT2D eigenvalue weighted by molar-refractivity contribution is 0.556. The molecule has 0 spiro atoms. The average molecular weight is 272 g/mol. The molecule has 1 unspecified atom stereocenters. The number of aryl methyl sites for hydroxylation is 1. The largest absolute Gasteiger partial charge is 0.351 e. The number of hydrogen-bond acceptors (Lipinski definition) is 3. The van der Waals surface area contributed by atoms with E-state index < -0.39 is 0 Å². The summed E-state index contributed by atoms with van der Waals surface area (Å²) in [6.07, 6.45) is 6.24. The maximum atomic E-state index is 14.2. The van der Waals surface area contributed by atoms with Gasteiger partial charge in [0, 0.05) is 18.5 Å². The molecule has 1 aliphatic heterocycles. The Balaban J connectivity index is 2.19. The number of halogens is 2. The van der Waals surface area contributed by atoms with Crippen LogP contribution in [0.4, 0.5) is 10.2 Å². The van der Waals surface area contributed by atoms with Crippen molar-refractivity contribution in [1.29, 1.82) is 0 Å². The second-order valence-corrected chi connectivity index (χ2v) is 5.01. The molecule has 0 radical (unpaired) electrons. The van der Waals surface area contributed by atoms with E-state index in [1.54, 1.807) is 0 Å². The van der Waals surface area contributed by atoms with E-state index in [9.17, 15) is 4.39 Å². The smallest absolute Gasteiger partial charge is 0.187 e. The summed E-state index contributed by atoms with van der Waals surface area (Å²) in [4.78, 5) is 10.2. The molecule has 2 heterocycles. The molecular formula is C13H19ClFN3. The molecule has 5 heteroatoms. The van der Waals surface area contributed by atoms with E-state index in [2.05, 4.69) is 14.9 Å². The minimum absolute atomic E-state index is 0.252. The molecule has 1 atom stereocenters. The molecule has 100 valence electrons. The first-order valence-corrected chi connectivity index (χ1v) is 7.13. The van der Waals surface area contributed by atoms with E-state index in [1.807, 2.05) is 6.92 Å². The van der Waals surface area contributed by atoms with Gasteiger partial charge >= 0.3 is 0 Å². The van der Waals surface area contributed by atoms with Gasteiger partial charge in [0.25, 0.3) is 0 Å². The zero-order valence-electron chi connectivity index (χ0n) is 10.7. The lowest BCUT2D eigenvalue weighted by Gasteiger charge is -2.26. The minimum Gasteiger partial charge on any atom is -0.351 e. The number of anilines is 1. The highest BCUT2D eigenvalue weighted by atomic mass is 35.5. The van der Waals surface area contributed by atoms with Gasteiger partial charge in [-0.15, -0.1) is 11.6 Å². The van der Waals surface area contributed by atoms with Gasteiger partial charge in [0.2, 0.25) is 0 Å². The Labute approximate surface area is 112 Å². The van der Waals surface area contributed by atoms with E-state index in [0.29, 0.717) is 29.9 Å². The predicted molar refractivity (Wildman–Crippen MR) is 71.7 cm³/mol. The summed E-state index contributed by atoms with van der Waals surface area (Å²) in [5.74, 6) is 0.883. The van der Waals surface area contributed by atoms with E-state index in [1.165, 1.54) is 6.33 Å². The highest BCUT2D eigenvalue weighted by Gasteiger charge is 2.28. The molecule has 0 aliphatic carbocycles. The monoisotopic (exact) mass is 271 g/mol. The average Bonchev–Trinajstić information content (AvgIpc) is 2.84. The highest BCUT2D eigenvalue weighted by Crippen LogP contribution is 2.29. The summed E-state index contributed by atoms with van der Waals surface area (Å²) >= 11 is 5.73. The molecule has 18 heavy (non-hydrogen) atoms. The van der Waals surface area contributed by atoms with Crippen molar-refractivity contribution >= 4 is 17.4 Å². The van der Waals surface area contributed by atoms with Crippen LogP contribution in [0.25, 0.3) is 0 Å². The molecule has 1 fully saturated rings. The Morgan fingerprint density at radius 2 is 2.33 bits per heavy atom. The van der Waals surface area contributed by atoms with Crippen molar-refractivity contribution in [1.82, 2.24) is 9.97 Å². The summed E-state index contributed by atoms with van der Waals surface area (Å²) in [5.41, 5.74) is 0.503. The minimum atomic E-state index is -0.252. The fourth-order valence-electron chi connectivity index (χ4n) is 2.57. The van der Waals surface area contributed by atoms with Gasteiger partial charge in [-0.05, 0) is 32.1 Å². The first kappa shape index (κ1) is 13.5. The zero-order valence-corrected chi connectivity index (χ0v) is 11.5. The van der Waals surface area contributed by atoms with Crippen molar-refractivity contribution in [2.75, 3.05) is 17.3 Å². The van der Waals surface area contributed by atoms with Crippen molar-refractivity contribution in [3.63, 3.8) is 0 Å². The van der Waals surface area contributed by atoms with E-state index in [4.69, 9.17) is 11.6 Å². The summed E-state index contributed by atoms with van der Waals surface area (Å²) in [6, 6.07) is 0.373. The molecule has 1 saturated heterocycles. The van der Waals surface area contributed by atoms with Crippen molar-refractivity contribution in [3.05, 3.63) is 17.8 Å². The Kier molecular flexibility index (Phi) is 4.75. The number of nitrogens with zero attached hydrogens (tertiary/aromatic N) is 3. The summed E-state index contributed by atoms with van der Waals surface area (Å²) < 4.78 is 14.2. The fourth-order valence-corrected chi connectivity index (χ4v) is 2.72. The van der Waals surface area contributed by atoms with Gasteiger partial charge in [-0.3, -0.25) is 0 Å². The van der Waals surface area contributed by atoms with Crippen molar-refractivity contribution in [3.8, 4) is 0 Å². The van der Waals surface area contributed by atoms with Gasteiger partial charge in [-0.25, -0.2) is 14.4 Å². The molecular weight excluding hydrogens is 253 g/mol. The molecule has 0 saturated carbocycles. The molecule has 0 bridgehead atoms. The SMILES string of the molecule is CCc1ncnc(N2CCCC2CCCCl)c1F. The Morgan fingerprint density at radius 1 is 1.50 bits per heavy atom. The topological polar surface area (TPSA) is 29.0 Å². The lowest BCUT2D eigenvalue weighted by Crippen LogP contribution is -2.31. The Morgan fingerprint density at radius 3 is 3.06 bits per heavy atom. The van der Waals surface area contributed by atoms with Gasteiger partial charge in [0.05, 0.1) is 5.69 Å². The number of hydrogen-bond donors (Lipinski definition) is 0. The van der Waals surface area contributed by atoms with Crippen LogP contribution >= 0.6 is 11.6 Å². The standard InChI is InChI=1S/C13H19ClFN3/c1-2-11-12(15)13(17-9-16-11)18-8-4-6-10(18)5-3-7-14/h9-10H,2-8H2,1H3. The van der Waals surface area contributed by atoms with E-state index in [0.717, 1.165) is 32.2 Å². The normalized spacial score (nSPS) is 19.5. The summed E-state index contributed by atoms with van der Waals surface area (Å²) in [5, 5.41) is 0. The first-order chi connectivity index (χ1) is 8.77. The van der Waals surface area contributed by atoms with Gasteiger partial charge in [0.1, 0.15) is 6.33 Å². The fraction of sp³-hybridized carbons (Fsp3) is 0.692. The van der Waals surface area contributed by atoms with Crippen LogP contribution in [0.3, 0.4) is 0 Å². The van der Waals surface area contributed by atoms with Crippen molar-refractivity contribution in [2.24, 2.45) is 0 Å². The predicted octanol–water partition coefficient (Wildman–Crippen LogP) is 3.17. The third-order valence-electron chi connectivity index (χ3n) is 3.50. The van der Waals surface area contributed by atoms with E-state index >= 15 is 0 Å². The van der Waals surface area contributed by atoms with Crippen LogP contribution in [-0.2, 0) is 6.42 Å². The highest BCUT2D eigenvalue weighted by molar-refractivity contribution is 6.17. The molecule has 2 rings (SSSR count). The maximum absolute atomic E-state index is 14.2. The number of rotatable bonds is 5. The summed E-state index contributed by atoms with van der Waals surface area (Å²) in [6.45, 7) is 2.79. The van der Waals surface area contributed by atoms with Crippen LogP contribution in [0.5, 0.6) is 0 Å². The first-order valence-electron chi connectivity index (χ1n) is 6.60. The number of alkyl halides is 1. The van der Waals surface area contributed by atoms with Crippen LogP contribution in [0.15, 0.2) is 6.33 Å². The van der Waals surface area contributed by atoms with E-state index in [-0.39, 0.29) is 5.82 Å². The second-order valence-electron chi connectivity index (χ2n) is 4.63. The van der Waals surface area contributed by atoms with Crippen molar-refractivity contribution < 1.29 is 4.39 Å². The van der Waals surface area contributed by atoms with Crippen LogP contribution in [0.2, 0.25) is 0 Å². The van der Waals surface area contributed by atoms with Crippen LogP contribution < -0.4 is 4.90 Å². The quantitative estimate of drug-likeness (QED) is 0.771. The third kappa shape index (κ3) is 2.74. The molecule has 0 N–H and O–H groups in total. The van der Waals surface area contributed by atoms with Crippen molar-refractivity contribution in [2.45, 2.75) is 45.1 Å². The van der Waals surface area contributed by atoms with Gasteiger partial charge in [-0.1, -0.05) is 6.92 Å². The lowest BCUT2D eigenvalue weighted by atomic mass is 10.1. The van der Waals surface area contributed by atoms with Gasteiger partial charge in [-0.2, -0.15) is 0 Å². The zero-order chi connectivity index (χ0) is 13.0. The summed E-state index contributed by atoms with van der Waals surface area (Å²) in [7, 11) is 0. The Hall–Kier alpha value is -0.900. The molecule has 0 aromatic carbocycles. The molecule has 1 aromatic heterocycles. The third-order valence-corrected chi connectivity index (χ3v) is 3.77. The maximum Gasteiger partial charge on any atom is 0.187 e. The second kappa shape index (κ2) is 6.32. The van der Waals surface area contributed by atoms with Crippen LogP contribution in [0, 0.1) is 5.82 Å². The molecule has 1 aromatic rings. The molecule has 1 aliphatic rings. The Bertz CT molecular complexity index is 400.